The van der Waals surface area contributed by atoms with E-state index in [0.717, 1.165) is 37.8 Å². The fourth-order valence-electron chi connectivity index (χ4n) is 3.64. The summed E-state index contributed by atoms with van der Waals surface area (Å²) in [5.74, 6) is -0.238. The lowest BCUT2D eigenvalue weighted by atomic mass is 9.89. The third-order valence-corrected chi connectivity index (χ3v) is 5.38. The van der Waals surface area contributed by atoms with Crippen molar-refractivity contribution >= 4 is 23.5 Å². The minimum Gasteiger partial charge on any atom is -0.481 e. The van der Waals surface area contributed by atoms with Gasteiger partial charge in [0.2, 0.25) is 5.91 Å². The van der Waals surface area contributed by atoms with Crippen molar-refractivity contribution in [1.82, 2.24) is 4.90 Å². The molecule has 3 rings (SSSR count). The quantitative estimate of drug-likeness (QED) is 0.896. The lowest BCUT2D eigenvalue weighted by Crippen LogP contribution is -2.45. The number of likely N-dealkylation sites (tertiary alicyclic amines) is 1. The molecule has 2 fully saturated rings. The lowest BCUT2D eigenvalue weighted by molar-refractivity contribution is -0.137. The smallest absolute Gasteiger partial charge is 0.303 e. The van der Waals surface area contributed by atoms with Gasteiger partial charge in [-0.1, -0.05) is 23.7 Å². The second kappa shape index (κ2) is 6.52. The molecule has 1 aliphatic carbocycles. The number of halogens is 1. The van der Waals surface area contributed by atoms with E-state index in [9.17, 15) is 9.59 Å². The molecule has 1 aliphatic heterocycles. The number of aliphatic carboxylic acids is 1. The van der Waals surface area contributed by atoms with Gasteiger partial charge in [-0.05, 0) is 55.7 Å². The van der Waals surface area contributed by atoms with Gasteiger partial charge in [-0.3, -0.25) is 9.59 Å². The average molecular weight is 336 g/mol. The van der Waals surface area contributed by atoms with Crippen molar-refractivity contribution in [2.75, 3.05) is 13.1 Å². The van der Waals surface area contributed by atoms with Gasteiger partial charge in [0.1, 0.15) is 0 Å². The van der Waals surface area contributed by atoms with Gasteiger partial charge in [0.05, 0.1) is 5.41 Å². The topological polar surface area (TPSA) is 57.6 Å². The van der Waals surface area contributed by atoms with Crippen LogP contribution in [0.25, 0.3) is 0 Å². The first-order chi connectivity index (χ1) is 11.0. The average Bonchev–Trinajstić information content (AvgIpc) is 3.35. The number of carboxylic acids is 1. The van der Waals surface area contributed by atoms with Crippen molar-refractivity contribution in [3.63, 3.8) is 0 Å². The summed E-state index contributed by atoms with van der Waals surface area (Å²) >= 11 is 5.95. The summed E-state index contributed by atoms with van der Waals surface area (Å²) in [5, 5.41) is 9.52. The van der Waals surface area contributed by atoms with E-state index in [1.807, 2.05) is 29.2 Å². The molecule has 1 atom stereocenters. The molecule has 1 aromatic carbocycles. The van der Waals surface area contributed by atoms with Crippen molar-refractivity contribution in [1.29, 1.82) is 0 Å². The Hall–Kier alpha value is -1.55. The van der Waals surface area contributed by atoms with Crippen LogP contribution in [-0.2, 0) is 15.0 Å². The molecule has 1 N–H and O–H groups in total. The van der Waals surface area contributed by atoms with E-state index in [-0.39, 0.29) is 17.7 Å². The van der Waals surface area contributed by atoms with E-state index in [4.69, 9.17) is 16.7 Å². The van der Waals surface area contributed by atoms with Crippen LogP contribution in [0.5, 0.6) is 0 Å². The molecule has 4 nitrogen and oxygen atoms in total. The summed E-state index contributed by atoms with van der Waals surface area (Å²) in [6.45, 7) is 1.49. The minimum atomic E-state index is -0.756. The highest BCUT2D eigenvalue weighted by Gasteiger charge is 2.53. The van der Waals surface area contributed by atoms with Crippen LogP contribution in [0, 0.1) is 5.92 Å². The molecule has 1 saturated heterocycles. The van der Waals surface area contributed by atoms with E-state index in [0.29, 0.717) is 23.9 Å². The number of hydrogen-bond donors (Lipinski definition) is 1. The third kappa shape index (κ3) is 3.52. The Bertz CT molecular complexity index is 595. The number of hydrogen-bond acceptors (Lipinski definition) is 2. The zero-order valence-corrected chi connectivity index (χ0v) is 13.9. The van der Waals surface area contributed by atoms with Gasteiger partial charge in [0, 0.05) is 24.5 Å². The number of carbonyl (C=O) groups is 2. The van der Waals surface area contributed by atoms with Crippen molar-refractivity contribution in [2.45, 2.75) is 43.9 Å². The van der Waals surface area contributed by atoms with Crippen LogP contribution in [0.1, 0.15) is 44.1 Å². The molecule has 1 saturated carbocycles. The Morgan fingerprint density at radius 3 is 2.57 bits per heavy atom. The first-order valence-electron chi connectivity index (χ1n) is 8.28. The van der Waals surface area contributed by atoms with Gasteiger partial charge >= 0.3 is 5.97 Å². The second-order valence-corrected chi connectivity index (χ2v) is 7.22. The highest BCUT2D eigenvalue weighted by Crippen LogP contribution is 2.50. The van der Waals surface area contributed by atoms with Gasteiger partial charge in [0.25, 0.3) is 0 Å². The standard InChI is InChI=1S/C18H22ClNO3/c19-15-6-4-14(5-7-15)18(9-10-18)17(23)20-11-1-2-13(12-20)3-8-16(21)22/h4-7,13H,1-3,8-12H2,(H,21,22). The molecule has 5 heteroatoms. The molecular weight excluding hydrogens is 314 g/mol. The van der Waals surface area contributed by atoms with Crippen LogP contribution in [0.2, 0.25) is 5.02 Å². The Balaban J connectivity index is 1.67. The van der Waals surface area contributed by atoms with Crippen molar-refractivity contribution in [2.24, 2.45) is 5.92 Å². The summed E-state index contributed by atoms with van der Waals surface area (Å²) in [6.07, 6.45) is 4.62. The molecule has 0 bridgehead atoms. The van der Waals surface area contributed by atoms with Crippen molar-refractivity contribution < 1.29 is 14.7 Å². The predicted molar refractivity (Wildman–Crippen MR) is 88.5 cm³/mol. The molecule has 1 unspecified atom stereocenters. The molecular formula is C18H22ClNO3. The van der Waals surface area contributed by atoms with Gasteiger partial charge < -0.3 is 10.0 Å². The van der Waals surface area contributed by atoms with E-state index < -0.39 is 5.97 Å². The zero-order valence-electron chi connectivity index (χ0n) is 13.1. The summed E-state index contributed by atoms with van der Waals surface area (Å²) in [4.78, 5) is 25.7. The maximum atomic E-state index is 13.0. The number of piperidine rings is 1. The Morgan fingerprint density at radius 1 is 1.26 bits per heavy atom. The molecule has 1 heterocycles. The number of nitrogens with zero attached hydrogens (tertiary/aromatic N) is 1. The van der Waals surface area contributed by atoms with Gasteiger partial charge in [-0.15, -0.1) is 0 Å². The fourth-order valence-corrected chi connectivity index (χ4v) is 3.76. The van der Waals surface area contributed by atoms with E-state index in [2.05, 4.69) is 0 Å². The van der Waals surface area contributed by atoms with Gasteiger partial charge in [-0.2, -0.15) is 0 Å². The molecule has 1 aromatic rings. The monoisotopic (exact) mass is 335 g/mol. The number of amides is 1. The molecule has 2 aliphatic rings. The maximum absolute atomic E-state index is 13.0. The molecule has 0 radical (unpaired) electrons. The van der Waals surface area contributed by atoms with Crippen LogP contribution in [0.4, 0.5) is 0 Å². The van der Waals surface area contributed by atoms with Crippen molar-refractivity contribution in [3.8, 4) is 0 Å². The Morgan fingerprint density at radius 2 is 1.96 bits per heavy atom. The van der Waals surface area contributed by atoms with E-state index >= 15 is 0 Å². The molecule has 124 valence electrons. The predicted octanol–water partition coefficient (Wildman–Crippen LogP) is 3.48. The highest BCUT2D eigenvalue weighted by atomic mass is 35.5. The summed E-state index contributed by atoms with van der Waals surface area (Å²) in [7, 11) is 0. The lowest BCUT2D eigenvalue weighted by Gasteiger charge is -2.35. The molecule has 0 spiro atoms. The Kier molecular flexibility index (Phi) is 4.62. The van der Waals surface area contributed by atoms with Crippen LogP contribution >= 0.6 is 11.6 Å². The fraction of sp³-hybridized carbons (Fsp3) is 0.556. The van der Waals surface area contributed by atoms with Crippen LogP contribution in [-0.4, -0.2) is 35.0 Å². The largest absolute Gasteiger partial charge is 0.481 e. The summed E-state index contributed by atoms with van der Waals surface area (Å²) < 4.78 is 0. The number of carboxylic acid groups (broad SMARTS) is 1. The number of carbonyl (C=O) groups excluding carboxylic acids is 1. The maximum Gasteiger partial charge on any atom is 0.303 e. The van der Waals surface area contributed by atoms with Crippen molar-refractivity contribution in [3.05, 3.63) is 34.9 Å². The van der Waals surface area contributed by atoms with E-state index in [1.165, 1.54) is 0 Å². The summed E-state index contributed by atoms with van der Waals surface area (Å²) in [6, 6.07) is 7.60. The molecule has 23 heavy (non-hydrogen) atoms. The van der Waals surface area contributed by atoms with Crippen LogP contribution in [0.15, 0.2) is 24.3 Å². The second-order valence-electron chi connectivity index (χ2n) is 6.78. The number of rotatable bonds is 5. The first kappa shape index (κ1) is 16.3. The molecule has 1 amide bonds. The molecule has 0 aromatic heterocycles. The third-order valence-electron chi connectivity index (χ3n) is 5.13. The van der Waals surface area contributed by atoms with E-state index in [1.54, 1.807) is 0 Å². The van der Waals surface area contributed by atoms with Crippen LogP contribution in [0.3, 0.4) is 0 Å². The van der Waals surface area contributed by atoms with Gasteiger partial charge in [0.15, 0.2) is 0 Å². The highest BCUT2D eigenvalue weighted by molar-refractivity contribution is 6.30. The minimum absolute atomic E-state index is 0.190. The summed E-state index contributed by atoms with van der Waals surface area (Å²) in [5.41, 5.74) is 0.693. The number of benzene rings is 1. The first-order valence-corrected chi connectivity index (χ1v) is 8.66. The Labute approximate surface area is 141 Å². The SMILES string of the molecule is O=C(O)CCC1CCCN(C(=O)C2(c3ccc(Cl)cc3)CC2)C1. The zero-order chi connectivity index (χ0) is 16.4. The van der Waals surface area contributed by atoms with Crippen LogP contribution < -0.4 is 0 Å². The van der Waals surface area contributed by atoms with Gasteiger partial charge in [-0.25, -0.2) is 0 Å². The normalized spacial score (nSPS) is 22.7.